The molecule has 164 valence electrons. The Balaban J connectivity index is 1.77. The van der Waals surface area contributed by atoms with E-state index in [9.17, 15) is 13.2 Å². The van der Waals surface area contributed by atoms with Crippen molar-refractivity contribution in [2.24, 2.45) is 0 Å². The Morgan fingerprint density at radius 3 is 2.58 bits per heavy atom. The molecule has 9 nitrogen and oxygen atoms in total. The van der Waals surface area contributed by atoms with E-state index in [0.29, 0.717) is 17.3 Å². The maximum atomic E-state index is 12.9. The Labute approximate surface area is 181 Å². The number of amides is 1. The molecule has 0 spiro atoms. The van der Waals surface area contributed by atoms with E-state index >= 15 is 0 Å². The van der Waals surface area contributed by atoms with E-state index < -0.39 is 22.0 Å². The average Bonchev–Trinajstić information content (AvgIpc) is 3.24. The molecule has 1 atom stereocenters. The number of rotatable bonds is 9. The Morgan fingerprint density at radius 1 is 1.19 bits per heavy atom. The smallest absolute Gasteiger partial charge is 0.246 e. The number of aromatic nitrogens is 2. The molecule has 3 rings (SSSR count). The number of hydrogen-bond donors (Lipinski definition) is 1. The van der Waals surface area contributed by atoms with Gasteiger partial charge in [-0.15, -0.1) is 0 Å². The van der Waals surface area contributed by atoms with Crippen molar-refractivity contribution < 1.29 is 22.5 Å². The molecule has 0 aliphatic carbocycles. The molecule has 10 heteroatoms. The van der Waals surface area contributed by atoms with Crippen molar-refractivity contribution in [3.63, 3.8) is 0 Å². The summed E-state index contributed by atoms with van der Waals surface area (Å²) >= 11 is 0. The van der Waals surface area contributed by atoms with Gasteiger partial charge in [-0.25, -0.2) is 8.42 Å². The Hall–Kier alpha value is -3.40. The number of hydrogen-bond acceptors (Lipinski definition) is 7. The third-order valence-electron chi connectivity index (χ3n) is 4.55. The molecule has 31 heavy (non-hydrogen) atoms. The fraction of sp³-hybridized carbons (Fsp3) is 0.286. The van der Waals surface area contributed by atoms with Gasteiger partial charge in [0.05, 0.1) is 25.6 Å². The largest absolute Gasteiger partial charge is 0.497 e. The van der Waals surface area contributed by atoms with Crippen LogP contribution in [-0.2, 0) is 21.4 Å². The lowest BCUT2D eigenvalue weighted by Gasteiger charge is -2.30. The van der Waals surface area contributed by atoms with Gasteiger partial charge in [-0.1, -0.05) is 48.5 Å². The summed E-state index contributed by atoms with van der Waals surface area (Å²) in [7, 11) is -2.26. The van der Waals surface area contributed by atoms with Crippen LogP contribution in [0.25, 0.3) is 11.4 Å². The fourth-order valence-electron chi connectivity index (χ4n) is 3.12. The standard InChI is InChI=1S/C21H24N4O5S/c1-4-18(25(31(3,27)28)16-11-8-12-17(13-16)29-2)21(26)22-14-19-23-20(24-30-19)15-9-6-5-7-10-15/h5-13,18H,4,14H2,1-3H3,(H,22,26)/t18-/m0/s1. The van der Waals surface area contributed by atoms with Gasteiger partial charge in [-0.2, -0.15) is 4.98 Å². The van der Waals surface area contributed by atoms with Crippen LogP contribution in [0.4, 0.5) is 5.69 Å². The quantitative estimate of drug-likeness (QED) is 0.539. The first-order valence-corrected chi connectivity index (χ1v) is 11.5. The SMILES string of the molecule is CC[C@@H](C(=O)NCc1nc(-c2ccccc2)no1)N(c1cccc(OC)c1)S(C)(=O)=O. The Morgan fingerprint density at radius 2 is 1.94 bits per heavy atom. The number of ether oxygens (including phenoxy) is 1. The number of anilines is 1. The second-order valence-electron chi connectivity index (χ2n) is 6.78. The Kier molecular flexibility index (Phi) is 6.91. The second kappa shape index (κ2) is 9.61. The maximum absolute atomic E-state index is 12.9. The van der Waals surface area contributed by atoms with Crippen LogP contribution in [0.3, 0.4) is 0 Å². The highest BCUT2D eigenvalue weighted by atomic mass is 32.2. The summed E-state index contributed by atoms with van der Waals surface area (Å²) in [6, 6.07) is 14.9. The summed E-state index contributed by atoms with van der Waals surface area (Å²) in [5.41, 5.74) is 1.13. The van der Waals surface area contributed by atoms with E-state index in [-0.39, 0.29) is 18.9 Å². The number of benzene rings is 2. The molecular formula is C21H24N4O5S. The first-order chi connectivity index (χ1) is 14.8. The number of nitrogens with zero attached hydrogens (tertiary/aromatic N) is 3. The first-order valence-electron chi connectivity index (χ1n) is 9.62. The van der Waals surface area contributed by atoms with E-state index in [1.807, 2.05) is 30.3 Å². The summed E-state index contributed by atoms with van der Waals surface area (Å²) in [5.74, 6) is 0.635. The second-order valence-corrected chi connectivity index (χ2v) is 8.64. The molecule has 1 amide bonds. The summed E-state index contributed by atoms with van der Waals surface area (Å²) in [4.78, 5) is 17.2. The highest BCUT2D eigenvalue weighted by Crippen LogP contribution is 2.26. The van der Waals surface area contributed by atoms with Crippen LogP contribution >= 0.6 is 0 Å². The first kappa shape index (κ1) is 22.3. The van der Waals surface area contributed by atoms with Crippen LogP contribution in [-0.4, -0.2) is 43.9 Å². The van der Waals surface area contributed by atoms with Gasteiger partial charge in [0, 0.05) is 11.6 Å². The van der Waals surface area contributed by atoms with Crippen LogP contribution in [0.5, 0.6) is 5.75 Å². The minimum absolute atomic E-state index is 0.0229. The lowest BCUT2D eigenvalue weighted by atomic mass is 10.2. The van der Waals surface area contributed by atoms with E-state index in [4.69, 9.17) is 9.26 Å². The lowest BCUT2D eigenvalue weighted by molar-refractivity contribution is -0.122. The topological polar surface area (TPSA) is 115 Å². The van der Waals surface area contributed by atoms with Gasteiger partial charge in [0.25, 0.3) is 0 Å². The van der Waals surface area contributed by atoms with Gasteiger partial charge in [0.15, 0.2) is 0 Å². The van der Waals surface area contributed by atoms with Gasteiger partial charge in [-0.05, 0) is 18.6 Å². The van der Waals surface area contributed by atoms with E-state index in [2.05, 4.69) is 15.5 Å². The van der Waals surface area contributed by atoms with Crippen molar-refractivity contribution in [3.8, 4) is 17.1 Å². The molecule has 1 N–H and O–H groups in total. The monoisotopic (exact) mass is 444 g/mol. The molecule has 2 aromatic carbocycles. The van der Waals surface area contributed by atoms with Gasteiger partial charge < -0.3 is 14.6 Å². The average molecular weight is 445 g/mol. The predicted octanol–water partition coefficient (Wildman–Crippen LogP) is 2.61. The highest BCUT2D eigenvalue weighted by molar-refractivity contribution is 7.92. The summed E-state index contributed by atoms with van der Waals surface area (Å²) in [5, 5.41) is 6.61. The minimum atomic E-state index is -3.75. The zero-order valence-electron chi connectivity index (χ0n) is 17.5. The van der Waals surface area contributed by atoms with Crippen molar-refractivity contribution in [3.05, 3.63) is 60.5 Å². The van der Waals surface area contributed by atoms with Crippen molar-refractivity contribution in [2.75, 3.05) is 17.7 Å². The fourth-order valence-corrected chi connectivity index (χ4v) is 4.32. The van der Waals surface area contributed by atoms with Crippen molar-refractivity contribution in [1.82, 2.24) is 15.5 Å². The van der Waals surface area contributed by atoms with Gasteiger partial charge >= 0.3 is 0 Å². The molecule has 1 aromatic heterocycles. The summed E-state index contributed by atoms with van der Waals surface area (Å²) < 4.78 is 36.5. The molecule has 0 unspecified atom stereocenters. The third-order valence-corrected chi connectivity index (χ3v) is 5.73. The van der Waals surface area contributed by atoms with E-state index in [1.54, 1.807) is 31.2 Å². The van der Waals surface area contributed by atoms with E-state index in [0.717, 1.165) is 16.1 Å². The van der Waals surface area contributed by atoms with Gasteiger partial charge in [-0.3, -0.25) is 9.10 Å². The molecule has 0 bridgehead atoms. The molecule has 0 saturated heterocycles. The van der Waals surface area contributed by atoms with Crippen LogP contribution < -0.4 is 14.4 Å². The highest BCUT2D eigenvalue weighted by Gasteiger charge is 2.31. The lowest BCUT2D eigenvalue weighted by Crippen LogP contribution is -2.49. The molecular weight excluding hydrogens is 420 g/mol. The number of sulfonamides is 1. The van der Waals surface area contributed by atoms with Crippen LogP contribution in [0.2, 0.25) is 0 Å². The molecule has 0 saturated carbocycles. The molecule has 3 aromatic rings. The summed E-state index contributed by atoms with van der Waals surface area (Å²) in [6.07, 6.45) is 1.32. The summed E-state index contributed by atoms with van der Waals surface area (Å²) in [6.45, 7) is 1.72. The number of carbonyl (C=O) groups is 1. The molecule has 0 aliphatic rings. The van der Waals surface area contributed by atoms with Gasteiger partial charge in [0.2, 0.25) is 27.6 Å². The zero-order valence-corrected chi connectivity index (χ0v) is 18.3. The third kappa shape index (κ3) is 5.40. The number of nitrogens with one attached hydrogen (secondary N) is 1. The zero-order chi connectivity index (χ0) is 22.4. The molecule has 0 fully saturated rings. The normalized spacial score (nSPS) is 12.2. The van der Waals surface area contributed by atoms with Crippen LogP contribution in [0, 0.1) is 0 Å². The molecule has 0 radical (unpaired) electrons. The maximum Gasteiger partial charge on any atom is 0.246 e. The van der Waals surface area contributed by atoms with Crippen molar-refractivity contribution in [2.45, 2.75) is 25.9 Å². The van der Waals surface area contributed by atoms with Crippen LogP contribution in [0.15, 0.2) is 59.1 Å². The van der Waals surface area contributed by atoms with Crippen molar-refractivity contribution >= 4 is 21.6 Å². The predicted molar refractivity (Wildman–Crippen MR) is 116 cm³/mol. The molecule has 0 aliphatic heterocycles. The van der Waals surface area contributed by atoms with Gasteiger partial charge in [0.1, 0.15) is 11.8 Å². The Bertz CT molecular complexity index is 1130. The molecule has 1 heterocycles. The number of carbonyl (C=O) groups excluding carboxylic acids is 1. The number of methoxy groups -OCH3 is 1. The van der Waals surface area contributed by atoms with Crippen molar-refractivity contribution in [1.29, 1.82) is 0 Å². The minimum Gasteiger partial charge on any atom is -0.497 e. The van der Waals surface area contributed by atoms with Crippen LogP contribution in [0.1, 0.15) is 19.2 Å². The van der Waals surface area contributed by atoms with E-state index in [1.165, 1.54) is 7.11 Å².